The molecule has 7 heavy (non-hydrogen) atoms. The zero-order valence-corrected chi connectivity index (χ0v) is 3.89. The number of amides is 1. The number of hydrogen-bond acceptors (Lipinski definition) is 2. The summed E-state index contributed by atoms with van der Waals surface area (Å²) in [6.07, 6.45) is 0.523. The van der Waals surface area contributed by atoms with Gasteiger partial charge in [-0.3, -0.25) is 4.79 Å². The summed E-state index contributed by atoms with van der Waals surface area (Å²) in [7, 11) is 0. The van der Waals surface area contributed by atoms with Crippen molar-refractivity contribution in [2.45, 2.75) is 12.5 Å². The fourth-order valence-corrected chi connectivity index (χ4v) is 0.460. The highest BCUT2D eigenvalue weighted by Crippen LogP contribution is 2.08. The van der Waals surface area contributed by atoms with Crippen molar-refractivity contribution in [3.63, 3.8) is 0 Å². The lowest BCUT2D eigenvalue weighted by atomic mass is 10.2. The summed E-state index contributed by atoms with van der Waals surface area (Å²) >= 11 is 0. The Labute approximate surface area is 41.4 Å². The van der Waals surface area contributed by atoms with Crippen LogP contribution in [0.2, 0.25) is 0 Å². The molecule has 2 N–H and O–H groups in total. The Morgan fingerprint density at radius 2 is 2.43 bits per heavy atom. The third-order valence-electron chi connectivity index (χ3n) is 1.02. The van der Waals surface area contributed by atoms with Crippen molar-refractivity contribution >= 4 is 5.91 Å². The first-order valence-electron chi connectivity index (χ1n) is 2.21. The Kier molecular flexibility index (Phi) is 0.982. The van der Waals surface area contributed by atoms with Gasteiger partial charge in [0.15, 0.2) is 0 Å². The minimum absolute atomic E-state index is 0.278. The van der Waals surface area contributed by atoms with E-state index in [1.807, 2.05) is 0 Å². The molecule has 0 aliphatic carbocycles. The molecule has 0 aromatic rings. The van der Waals surface area contributed by atoms with Crippen molar-refractivity contribution in [3.8, 4) is 0 Å². The lowest BCUT2D eigenvalue weighted by molar-refractivity contribution is -0.141. The van der Waals surface area contributed by atoms with E-state index in [1.165, 1.54) is 0 Å². The summed E-state index contributed by atoms with van der Waals surface area (Å²) in [6, 6.07) is 0. The second kappa shape index (κ2) is 1.50. The minimum Gasteiger partial charge on any atom is -0.368 e. The van der Waals surface area contributed by atoms with Gasteiger partial charge in [-0.25, -0.2) is 0 Å². The van der Waals surface area contributed by atoms with E-state index in [9.17, 15) is 4.79 Å². The third-order valence-corrected chi connectivity index (χ3v) is 1.02. The lowest BCUT2D eigenvalue weighted by Gasteiger charge is -2.22. The van der Waals surface area contributed by atoms with E-state index in [2.05, 4.69) is 0 Å². The predicted molar refractivity (Wildman–Crippen MR) is 23.6 cm³/mol. The normalized spacial score (nSPS) is 28.9. The van der Waals surface area contributed by atoms with Gasteiger partial charge in [0.2, 0.25) is 5.91 Å². The number of nitrogens with two attached hydrogens (primary N) is 1. The monoisotopic (exact) mass is 101 g/mol. The number of carbonyl (C=O) groups is 1. The molecule has 0 spiro atoms. The Morgan fingerprint density at radius 3 is 2.43 bits per heavy atom. The summed E-state index contributed by atoms with van der Waals surface area (Å²) in [6.45, 7) is 0.688. The first kappa shape index (κ1) is 4.59. The topological polar surface area (TPSA) is 52.3 Å². The molecule has 1 aliphatic rings. The Bertz CT molecular complexity index is 87.7. The van der Waals surface area contributed by atoms with E-state index in [0.29, 0.717) is 6.61 Å². The van der Waals surface area contributed by atoms with Gasteiger partial charge in [0.05, 0.1) is 6.61 Å². The number of hydrogen-bond donors (Lipinski definition) is 1. The van der Waals surface area contributed by atoms with Gasteiger partial charge in [-0.2, -0.15) is 0 Å². The largest absolute Gasteiger partial charge is 0.368 e. The van der Waals surface area contributed by atoms with Gasteiger partial charge in [-0.05, 0) is 0 Å². The summed E-state index contributed by atoms with van der Waals surface area (Å²) in [5.41, 5.74) is 4.83. The van der Waals surface area contributed by atoms with Crippen LogP contribution in [-0.2, 0) is 9.53 Å². The van der Waals surface area contributed by atoms with Gasteiger partial charge in [-0.1, -0.05) is 0 Å². The third kappa shape index (κ3) is 0.718. The van der Waals surface area contributed by atoms with Crippen LogP contribution >= 0.6 is 0 Å². The van der Waals surface area contributed by atoms with Crippen LogP contribution in [0.4, 0.5) is 0 Å². The average molecular weight is 101 g/mol. The molecule has 3 nitrogen and oxygen atoms in total. The van der Waals surface area contributed by atoms with E-state index in [4.69, 9.17) is 10.5 Å². The molecule has 1 heterocycles. The zero-order chi connectivity index (χ0) is 5.28. The molecule has 1 aliphatic heterocycles. The minimum atomic E-state index is -0.341. The van der Waals surface area contributed by atoms with Crippen molar-refractivity contribution < 1.29 is 9.53 Å². The molecule has 1 fully saturated rings. The Hall–Kier alpha value is -0.570. The highest BCUT2D eigenvalue weighted by Gasteiger charge is 2.22. The molecule has 1 atom stereocenters. The van der Waals surface area contributed by atoms with Crippen LogP contribution in [0.25, 0.3) is 0 Å². The zero-order valence-electron chi connectivity index (χ0n) is 3.89. The van der Waals surface area contributed by atoms with Gasteiger partial charge < -0.3 is 10.5 Å². The molecule has 0 saturated carbocycles. The second-order valence-corrected chi connectivity index (χ2v) is 1.55. The summed E-state index contributed by atoms with van der Waals surface area (Å²) in [5.74, 6) is -0.341. The SMILES string of the molecule is NC(=O)C1CCO1. The quantitative estimate of drug-likeness (QED) is 0.473. The van der Waals surface area contributed by atoms with Crippen molar-refractivity contribution in [2.75, 3.05) is 6.61 Å². The van der Waals surface area contributed by atoms with Gasteiger partial charge in [-0.15, -0.1) is 0 Å². The first-order chi connectivity index (χ1) is 3.30. The van der Waals surface area contributed by atoms with Crippen LogP contribution in [-0.4, -0.2) is 18.6 Å². The molecule has 1 amide bonds. The Balaban J connectivity index is 2.27. The van der Waals surface area contributed by atoms with Crippen molar-refractivity contribution in [1.82, 2.24) is 0 Å². The maximum atomic E-state index is 10.1. The first-order valence-corrected chi connectivity index (χ1v) is 2.21. The molecule has 1 rings (SSSR count). The highest BCUT2D eigenvalue weighted by molar-refractivity contribution is 5.79. The summed E-state index contributed by atoms with van der Waals surface area (Å²) in [4.78, 5) is 10.1. The van der Waals surface area contributed by atoms with Gasteiger partial charge in [0.25, 0.3) is 0 Å². The molecule has 0 bridgehead atoms. The van der Waals surface area contributed by atoms with E-state index in [0.717, 1.165) is 6.42 Å². The Morgan fingerprint density at radius 1 is 1.86 bits per heavy atom. The maximum absolute atomic E-state index is 10.1. The summed E-state index contributed by atoms with van der Waals surface area (Å²) in [5, 5.41) is 0. The predicted octanol–water partition coefficient (Wildman–Crippen LogP) is -0.739. The van der Waals surface area contributed by atoms with E-state index >= 15 is 0 Å². The van der Waals surface area contributed by atoms with Crippen LogP contribution in [0.15, 0.2) is 0 Å². The maximum Gasteiger partial charge on any atom is 0.246 e. The molecule has 3 heteroatoms. The molecule has 1 unspecified atom stereocenters. The van der Waals surface area contributed by atoms with Gasteiger partial charge in [0, 0.05) is 6.42 Å². The van der Waals surface area contributed by atoms with Crippen LogP contribution in [0.5, 0.6) is 0 Å². The van der Waals surface area contributed by atoms with Crippen LogP contribution in [0.1, 0.15) is 6.42 Å². The van der Waals surface area contributed by atoms with E-state index < -0.39 is 0 Å². The fourth-order valence-electron chi connectivity index (χ4n) is 0.460. The number of rotatable bonds is 1. The lowest BCUT2D eigenvalue weighted by Crippen LogP contribution is -2.39. The molecule has 0 radical (unpaired) electrons. The fraction of sp³-hybridized carbons (Fsp3) is 0.750. The van der Waals surface area contributed by atoms with Crippen LogP contribution < -0.4 is 5.73 Å². The average Bonchev–Trinajstić information content (AvgIpc) is 1.23. The van der Waals surface area contributed by atoms with Crippen molar-refractivity contribution in [1.29, 1.82) is 0 Å². The van der Waals surface area contributed by atoms with Crippen LogP contribution in [0.3, 0.4) is 0 Å². The molecular formula is C4H7NO2. The summed E-state index contributed by atoms with van der Waals surface area (Å²) < 4.78 is 4.72. The second-order valence-electron chi connectivity index (χ2n) is 1.55. The standard InChI is InChI=1S/C4H7NO2/c5-4(6)3-1-2-7-3/h3H,1-2H2,(H2,5,6). The number of primary amides is 1. The number of ether oxygens (including phenoxy) is 1. The molecular weight excluding hydrogens is 94.0 g/mol. The van der Waals surface area contributed by atoms with Gasteiger partial charge in [0.1, 0.15) is 6.10 Å². The molecule has 1 saturated heterocycles. The van der Waals surface area contributed by atoms with E-state index in [1.54, 1.807) is 0 Å². The van der Waals surface area contributed by atoms with Crippen molar-refractivity contribution in [3.05, 3.63) is 0 Å². The highest BCUT2D eigenvalue weighted by atomic mass is 16.5. The van der Waals surface area contributed by atoms with E-state index in [-0.39, 0.29) is 12.0 Å². The van der Waals surface area contributed by atoms with Crippen LogP contribution in [0, 0.1) is 0 Å². The number of carbonyl (C=O) groups excluding carboxylic acids is 1. The smallest absolute Gasteiger partial charge is 0.246 e. The van der Waals surface area contributed by atoms with Crippen molar-refractivity contribution in [2.24, 2.45) is 5.73 Å². The molecule has 0 aromatic heterocycles. The van der Waals surface area contributed by atoms with Gasteiger partial charge >= 0.3 is 0 Å². The molecule has 0 aromatic carbocycles. The molecule has 40 valence electrons.